The molecule has 0 aromatic rings. The highest BCUT2D eigenvalue weighted by atomic mass is 32.2. The first-order valence-electron chi connectivity index (χ1n) is 7.23. The van der Waals surface area contributed by atoms with E-state index in [-0.39, 0.29) is 29.3 Å². The summed E-state index contributed by atoms with van der Waals surface area (Å²) >= 11 is -1.54. The van der Waals surface area contributed by atoms with Crippen LogP contribution in [0, 0.1) is 11.3 Å². The molecular weight excluding hydrogens is 264 g/mol. The van der Waals surface area contributed by atoms with Crippen molar-refractivity contribution in [3.05, 3.63) is 0 Å². The summed E-state index contributed by atoms with van der Waals surface area (Å²) in [6, 6.07) is 0. The Hall–Kier alpha value is 0.0300. The maximum absolute atomic E-state index is 11.4. The van der Waals surface area contributed by atoms with E-state index in [1.165, 1.54) is 0 Å². The second kappa shape index (κ2) is 4.52. The van der Waals surface area contributed by atoms with Crippen LogP contribution in [0.5, 0.6) is 0 Å². The molecule has 0 aromatic carbocycles. The standard InChI is InChI=1S/C14H24O4S/c1-13(2,3)16-11-6-5-9-12-10(17-19(15)18-12)7-8-14(9,11)4/h9-12H,5-8H2,1-4H3/t9-,10-,11-,12+,14-,19-/m0/s1. The predicted molar refractivity (Wildman–Crippen MR) is 72.6 cm³/mol. The van der Waals surface area contributed by atoms with Crippen molar-refractivity contribution in [1.29, 1.82) is 0 Å². The van der Waals surface area contributed by atoms with Crippen molar-refractivity contribution < 1.29 is 17.3 Å². The molecule has 4 nitrogen and oxygen atoms in total. The van der Waals surface area contributed by atoms with Crippen molar-refractivity contribution in [1.82, 2.24) is 0 Å². The second-order valence-electron chi connectivity index (χ2n) is 7.35. The van der Waals surface area contributed by atoms with Gasteiger partial charge in [0.2, 0.25) is 0 Å². The van der Waals surface area contributed by atoms with E-state index in [1.807, 2.05) is 0 Å². The lowest BCUT2D eigenvalue weighted by molar-refractivity contribution is -0.133. The van der Waals surface area contributed by atoms with Gasteiger partial charge in [0.15, 0.2) is 0 Å². The molecule has 0 spiro atoms. The highest BCUT2D eigenvalue weighted by molar-refractivity contribution is 7.75. The number of rotatable bonds is 1. The summed E-state index contributed by atoms with van der Waals surface area (Å²) in [7, 11) is 0. The average molecular weight is 288 g/mol. The first kappa shape index (κ1) is 14.0. The van der Waals surface area contributed by atoms with Crippen molar-refractivity contribution in [3.8, 4) is 0 Å². The van der Waals surface area contributed by atoms with Crippen LogP contribution in [0.15, 0.2) is 0 Å². The third-order valence-corrected chi connectivity index (χ3v) is 5.72. The van der Waals surface area contributed by atoms with Gasteiger partial charge in [-0.15, -0.1) is 0 Å². The summed E-state index contributed by atoms with van der Waals surface area (Å²) in [6.45, 7) is 8.64. The first-order valence-corrected chi connectivity index (χ1v) is 8.23. The van der Waals surface area contributed by atoms with E-state index in [2.05, 4.69) is 27.7 Å². The van der Waals surface area contributed by atoms with Crippen LogP contribution in [0.1, 0.15) is 53.4 Å². The van der Waals surface area contributed by atoms with Gasteiger partial charge in [0, 0.05) is 0 Å². The Bertz CT molecular complexity index is 391. The Morgan fingerprint density at radius 1 is 1.21 bits per heavy atom. The van der Waals surface area contributed by atoms with Crippen molar-refractivity contribution in [2.75, 3.05) is 0 Å². The van der Waals surface area contributed by atoms with Gasteiger partial charge < -0.3 is 4.74 Å². The SMILES string of the molecule is CC(C)(C)O[C@H]1CC[C@H]2[C@H]3O[S@@](=O)O[C@H]3CC[C@]12C. The Balaban J connectivity index is 1.80. The van der Waals surface area contributed by atoms with Crippen LogP contribution in [0.3, 0.4) is 0 Å². The fourth-order valence-electron chi connectivity index (χ4n) is 4.06. The third kappa shape index (κ3) is 2.39. The van der Waals surface area contributed by atoms with Gasteiger partial charge in [-0.3, -0.25) is 8.37 Å². The molecule has 6 atom stereocenters. The molecule has 0 bridgehead atoms. The molecular formula is C14H24O4S. The summed E-state index contributed by atoms with van der Waals surface area (Å²) in [6.07, 6.45) is 4.43. The van der Waals surface area contributed by atoms with E-state index in [1.54, 1.807) is 0 Å². The van der Waals surface area contributed by atoms with E-state index < -0.39 is 11.4 Å². The molecule has 3 rings (SSSR count). The summed E-state index contributed by atoms with van der Waals surface area (Å²) in [4.78, 5) is 0. The van der Waals surface area contributed by atoms with Crippen LogP contribution in [-0.4, -0.2) is 28.1 Å². The lowest BCUT2D eigenvalue weighted by atomic mass is 9.66. The van der Waals surface area contributed by atoms with Gasteiger partial charge in [0.1, 0.15) is 12.2 Å². The van der Waals surface area contributed by atoms with E-state index in [0.717, 1.165) is 25.7 Å². The predicted octanol–water partition coefficient (Wildman–Crippen LogP) is 2.74. The van der Waals surface area contributed by atoms with E-state index in [0.29, 0.717) is 5.92 Å². The van der Waals surface area contributed by atoms with Gasteiger partial charge in [0.05, 0.1) is 11.7 Å². The van der Waals surface area contributed by atoms with Crippen molar-refractivity contribution in [2.45, 2.75) is 77.3 Å². The molecule has 1 aliphatic heterocycles. The van der Waals surface area contributed by atoms with Crippen LogP contribution in [0.25, 0.3) is 0 Å². The average Bonchev–Trinajstić information content (AvgIpc) is 2.78. The first-order chi connectivity index (χ1) is 8.79. The summed E-state index contributed by atoms with van der Waals surface area (Å²) < 4.78 is 28.6. The lowest BCUT2D eigenvalue weighted by Crippen LogP contribution is -2.49. The zero-order chi connectivity index (χ0) is 13.8. The summed E-state index contributed by atoms with van der Waals surface area (Å²) in [5.41, 5.74) is 0.0155. The smallest absolute Gasteiger partial charge is 0.305 e. The molecule has 0 aromatic heterocycles. The van der Waals surface area contributed by atoms with Gasteiger partial charge in [-0.25, -0.2) is 0 Å². The molecule has 110 valence electrons. The number of hydrogen-bond donors (Lipinski definition) is 0. The van der Waals surface area contributed by atoms with Gasteiger partial charge in [-0.05, 0) is 57.8 Å². The number of fused-ring (bicyclic) bond motifs is 3. The van der Waals surface area contributed by atoms with Crippen molar-refractivity contribution in [2.24, 2.45) is 11.3 Å². The normalized spacial score (nSPS) is 50.0. The Labute approximate surface area is 118 Å². The van der Waals surface area contributed by atoms with Gasteiger partial charge in [0.25, 0.3) is 0 Å². The second-order valence-corrected chi connectivity index (χ2v) is 8.14. The zero-order valence-electron chi connectivity index (χ0n) is 12.2. The Morgan fingerprint density at radius 2 is 1.95 bits per heavy atom. The van der Waals surface area contributed by atoms with Gasteiger partial charge in [-0.2, -0.15) is 4.21 Å². The highest BCUT2D eigenvalue weighted by Gasteiger charge is 2.58. The molecule has 19 heavy (non-hydrogen) atoms. The minimum absolute atomic E-state index is 0.00634. The molecule has 0 amide bonds. The van der Waals surface area contributed by atoms with Gasteiger partial charge >= 0.3 is 11.4 Å². The monoisotopic (exact) mass is 288 g/mol. The van der Waals surface area contributed by atoms with E-state index in [4.69, 9.17) is 13.1 Å². The topological polar surface area (TPSA) is 44.8 Å². The maximum Gasteiger partial charge on any atom is 0.305 e. The molecule has 2 aliphatic carbocycles. The molecule has 0 unspecified atom stereocenters. The molecule has 1 saturated heterocycles. The molecule has 2 saturated carbocycles. The zero-order valence-corrected chi connectivity index (χ0v) is 13.0. The van der Waals surface area contributed by atoms with Crippen molar-refractivity contribution >= 4 is 11.4 Å². The molecule has 3 aliphatic rings. The van der Waals surface area contributed by atoms with Crippen LogP contribution in [0.2, 0.25) is 0 Å². The number of hydrogen-bond acceptors (Lipinski definition) is 4. The molecule has 5 heteroatoms. The van der Waals surface area contributed by atoms with Crippen LogP contribution >= 0.6 is 0 Å². The molecule has 0 N–H and O–H groups in total. The molecule has 3 fully saturated rings. The molecule has 0 radical (unpaired) electrons. The van der Waals surface area contributed by atoms with Crippen molar-refractivity contribution in [3.63, 3.8) is 0 Å². The summed E-state index contributed by atoms with van der Waals surface area (Å²) in [5.74, 6) is 0.407. The number of ether oxygens (including phenoxy) is 1. The minimum atomic E-state index is -1.54. The Kier molecular flexibility index (Phi) is 3.32. The van der Waals surface area contributed by atoms with E-state index >= 15 is 0 Å². The minimum Gasteiger partial charge on any atom is -0.372 e. The van der Waals surface area contributed by atoms with Gasteiger partial charge in [-0.1, -0.05) is 6.92 Å². The van der Waals surface area contributed by atoms with E-state index in [9.17, 15) is 4.21 Å². The largest absolute Gasteiger partial charge is 0.372 e. The summed E-state index contributed by atoms with van der Waals surface area (Å²) in [5, 5.41) is 0. The quantitative estimate of drug-likeness (QED) is 0.744. The maximum atomic E-state index is 11.4. The van der Waals surface area contributed by atoms with Crippen LogP contribution in [-0.2, 0) is 24.5 Å². The lowest BCUT2D eigenvalue weighted by Gasteiger charge is -2.45. The fourth-order valence-corrected chi connectivity index (χ4v) is 4.95. The fraction of sp³-hybridized carbons (Fsp3) is 1.00. The van der Waals surface area contributed by atoms with Crippen LogP contribution in [0.4, 0.5) is 0 Å². The Morgan fingerprint density at radius 3 is 2.63 bits per heavy atom. The van der Waals surface area contributed by atoms with Crippen LogP contribution < -0.4 is 0 Å². The third-order valence-electron chi connectivity index (χ3n) is 4.94. The highest BCUT2D eigenvalue weighted by Crippen LogP contribution is 2.56. The molecule has 1 heterocycles.